The van der Waals surface area contributed by atoms with Crippen LogP contribution in [0.2, 0.25) is 0 Å². The molecule has 0 amide bonds. The van der Waals surface area contributed by atoms with Gasteiger partial charge in [-0.3, -0.25) is 0 Å². The van der Waals surface area contributed by atoms with E-state index in [1.54, 1.807) is 0 Å². The van der Waals surface area contributed by atoms with Gasteiger partial charge in [0.15, 0.2) is 0 Å². The largest absolute Gasteiger partial charge is 0.308 e. The summed E-state index contributed by atoms with van der Waals surface area (Å²) < 4.78 is 5.29. The highest BCUT2D eigenvalue weighted by Crippen LogP contribution is 2.53. The number of para-hydroxylation sites is 4. The molecule has 0 saturated heterocycles. The number of aromatic nitrogens is 2. The van der Waals surface area contributed by atoms with Crippen LogP contribution in [0, 0.1) is 0 Å². The first-order valence-corrected chi connectivity index (χ1v) is 26.3. The van der Waals surface area contributed by atoms with E-state index in [-0.39, 0.29) is 16.2 Å². The van der Waals surface area contributed by atoms with E-state index < -0.39 is 0 Å². The lowest BCUT2D eigenvalue weighted by atomic mass is 9.84. The van der Waals surface area contributed by atoms with Crippen molar-refractivity contribution in [3.05, 3.63) is 217 Å². The Labute approximate surface area is 433 Å². The molecule has 360 valence electrons. The van der Waals surface area contributed by atoms with Gasteiger partial charge < -0.3 is 18.6 Å². The number of hydrogen-bond donors (Lipinski definition) is 0. The summed E-state index contributed by atoms with van der Waals surface area (Å²) in [6.45, 7) is 21.2. The van der Waals surface area contributed by atoms with Crippen molar-refractivity contribution in [2.45, 2.75) is 78.6 Å². The fourth-order valence-corrected chi connectivity index (χ4v) is 12.3. The molecule has 0 bridgehead atoms. The van der Waals surface area contributed by atoms with Crippen molar-refractivity contribution in [1.82, 2.24) is 8.80 Å². The first kappa shape index (κ1) is 44.4. The van der Waals surface area contributed by atoms with E-state index in [1.807, 2.05) is 0 Å². The van der Waals surface area contributed by atoms with Crippen molar-refractivity contribution in [2.24, 2.45) is 0 Å². The van der Waals surface area contributed by atoms with E-state index in [1.165, 1.54) is 115 Å². The molecule has 0 saturated carbocycles. The zero-order valence-corrected chi connectivity index (χ0v) is 43.8. The summed E-state index contributed by atoms with van der Waals surface area (Å²) in [5.74, 6) is 0. The van der Waals surface area contributed by atoms with Crippen molar-refractivity contribution in [3.63, 3.8) is 0 Å². The zero-order valence-electron chi connectivity index (χ0n) is 43.8. The lowest BCUT2D eigenvalue weighted by Gasteiger charge is -2.29. The minimum absolute atomic E-state index is 0.0974. The third-order valence-corrected chi connectivity index (χ3v) is 16.1. The normalized spacial score (nSPS) is 12.9. The van der Waals surface area contributed by atoms with Gasteiger partial charge in [0.2, 0.25) is 0 Å². The number of benzene rings is 10. The van der Waals surface area contributed by atoms with Gasteiger partial charge in [-0.2, -0.15) is 0 Å². The molecule has 0 atom stereocenters. The third-order valence-electron chi connectivity index (χ3n) is 16.1. The van der Waals surface area contributed by atoms with Crippen LogP contribution in [0.5, 0.6) is 0 Å². The Morgan fingerprint density at radius 2 is 0.622 bits per heavy atom. The maximum Gasteiger partial charge on any atom is 0.0789 e. The summed E-state index contributed by atoms with van der Waals surface area (Å²) in [4.78, 5) is 4.98. The van der Waals surface area contributed by atoms with Crippen molar-refractivity contribution >= 4 is 121 Å². The zero-order chi connectivity index (χ0) is 50.6. The highest BCUT2D eigenvalue weighted by atomic mass is 15.2. The standard InChI is InChI=1S/C70H60N4/c1-68(2,3)44-36-56-53-41-60-52(42-61(53)74-64(56)57(37-44)54-34-43-24-22-23-33-51(43)66(67(54)74)72(49-29-18-12-19-30-49)50-31-20-13-21-32-50)55-35-45(69(4,5)6)38-58-59-39-46(70(7,8)9)40-62(65(59)73(60)63(55)58)71(47-25-14-10-15-26-47)48-27-16-11-17-28-48/h10-42H,1-9H3. The minimum Gasteiger partial charge on any atom is -0.308 e. The van der Waals surface area contributed by atoms with Crippen molar-refractivity contribution in [3.8, 4) is 0 Å². The predicted molar refractivity (Wildman–Crippen MR) is 319 cm³/mol. The second-order valence-corrected chi connectivity index (χ2v) is 23.9. The van der Waals surface area contributed by atoms with Gasteiger partial charge >= 0.3 is 0 Å². The van der Waals surface area contributed by atoms with Crippen molar-refractivity contribution in [2.75, 3.05) is 9.80 Å². The molecule has 0 N–H and O–H groups in total. The fourth-order valence-electron chi connectivity index (χ4n) is 12.3. The van der Waals surface area contributed by atoms with E-state index in [2.05, 4.69) is 281 Å². The van der Waals surface area contributed by atoms with Gasteiger partial charge in [0, 0.05) is 71.2 Å². The molecular weight excluding hydrogens is 897 g/mol. The summed E-state index contributed by atoms with van der Waals surface area (Å²) in [7, 11) is 0. The van der Waals surface area contributed by atoms with Crippen LogP contribution in [0.4, 0.5) is 34.1 Å². The number of anilines is 6. The fraction of sp³-hybridized carbons (Fsp3) is 0.171. The molecule has 0 spiro atoms. The SMILES string of the molecule is CC(C)(C)c1cc(N(c2ccccc2)c2ccccc2)c2c(c1)c1cc(C(C)(C)C)cc3c4cc5c(cc4n2c31)c1cc(C(C)(C)C)cc2c3cc4ccccc4c(N(c4ccccc4)c4ccccc4)c3n5c12. The second kappa shape index (κ2) is 15.6. The average Bonchev–Trinajstić information content (AvgIpc) is 4.12. The van der Waals surface area contributed by atoms with Gasteiger partial charge in [-0.1, -0.05) is 159 Å². The van der Waals surface area contributed by atoms with Crippen LogP contribution < -0.4 is 9.80 Å². The molecule has 14 aromatic rings. The van der Waals surface area contributed by atoms with E-state index in [4.69, 9.17) is 0 Å². The molecule has 10 aromatic carbocycles. The van der Waals surface area contributed by atoms with Gasteiger partial charge in [0.25, 0.3) is 0 Å². The molecule has 74 heavy (non-hydrogen) atoms. The minimum atomic E-state index is -0.107. The predicted octanol–water partition coefficient (Wildman–Crippen LogP) is 20.0. The number of fused-ring (bicyclic) bond motifs is 13. The molecule has 0 aliphatic carbocycles. The van der Waals surface area contributed by atoms with Crippen LogP contribution >= 0.6 is 0 Å². The molecule has 0 unspecified atom stereocenters. The molecule has 4 nitrogen and oxygen atoms in total. The molecule has 0 radical (unpaired) electrons. The summed E-state index contributed by atoms with van der Waals surface area (Å²) in [5, 5.41) is 12.7. The monoisotopic (exact) mass is 956 g/mol. The Balaban J connectivity index is 1.21. The Morgan fingerprint density at radius 1 is 0.284 bits per heavy atom. The Bertz CT molecular complexity index is 4430. The summed E-state index contributed by atoms with van der Waals surface area (Å²) in [6.07, 6.45) is 0. The third kappa shape index (κ3) is 6.46. The Morgan fingerprint density at radius 3 is 1.05 bits per heavy atom. The van der Waals surface area contributed by atoms with Crippen LogP contribution in [0.15, 0.2) is 200 Å². The number of nitrogens with zero attached hydrogens (tertiary/aromatic N) is 4. The van der Waals surface area contributed by atoms with Gasteiger partial charge in [-0.05, 0) is 141 Å². The molecule has 4 heterocycles. The van der Waals surface area contributed by atoms with Crippen LogP contribution in [0.25, 0.3) is 87.0 Å². The van der Waals surface area contributed by atoms with E-state index in [0.717, 1.165) is 22.7 Å². The number of rotatable bonds is 6. The van der Waals surface area contributed by atoms with Crippen molar-refractivity contribution in [1.29, 1.82) is 0 Å². The first-order valence-electron chi connectivity index (χ1n) is 26.3. The Kier molecular flexibility index (Phi) is 9.35. The first-order chi connectivity index (χ1) is 35.6. The molecule has 0 aliphatic rings. The lowest BCUT2D eigenvalue weighted by Crippen LogP contribution is -2.15. The highest BCUT2D eigenvalue weighted by molar-refractivity contribution is 6.32. The smallest absolute Gasteiger partial charge is 0.0789 e. The molecule has 4 heteroatoms. The topological polar surface area (TPSA) is 15.3 Å². The molecule has 14 rings (SSSR count). The van der Waals surface area contributed by atoms with Crippen LogP contribution in [0.1, 0.15) is 79.0 Å². The lowest BCUT2D eigenvalue weighted by molar-refractivity contribution is 0.591. The van der Waals surface area contributed by atoms with E-state index in [9.17, 15) is 0 Å². The number of hydrogen-bond acceptors (Lipinski definition) is 2. The van der Waals surface area contributed by atoms with Crippen LogP contribution in [0.3, 0.4) is 0 Å². The maximum atomic E-state index is 2.65. The maximum absolute atomic E-state index is 2.65. The summed E-state index contributed by atoms with van der Waals surface area (Å²) >= 11 is 0. The van der Waals surface area contributed by atoms with Crippen molar-refractivity contribution < 1.29 is 0 Å². The van der Waals surface area contributed by atoms with Gasteiger partial charge in [-0.25, -0.2) is 0 Å². The van der Waals surface area contributed by atoms with Gasteiger partial charge in [0.1, 0.15) is 0 Å². The quantitative estimate of drug-likeness (QED) is 0.165. The second-order valence-electron chi connectivity index (χ2n) is 23.9. The van der Waals surface area contributed by atoms with E-state index >= 15 is 0 Å². The van der Waals surface area contributed by atoms with Gasteiger partial charge in [-0.15, -0.1) is 0 Å². The van der Waals surface area contributed by atoms with Gasteiger partial charge in [0.05, 0.1) is 44.5 Å². The summed E-state index contributed by atoms with van der Waals surface area (Å²) in [6, 6.07) is 75.3. The Hall–Kier alpha value is -8.34. The average molecular weight is 957 g/mol. The van der Waals surface area contributed by atoms with E-state index in [0.29, 0.717) is 0 Å². The summed E-state index contributed by atoms with van der Waals surface area (Å²) in [5.41, 5.74) is 17.9. The molecular formula is C70H60N4. The van der Waals surface area contributed by atoms with Crippen LogP contribution in [-0.4, -0.2) is 8.80 Å². The molecule has 0 aliphatic heterocycles. The van der Waals surface area contributed by atoms with Crippen LogP contribution in [-0.2, 0) is 16.2 Å². The molecule has 4 aromatic heterocycles. The highest BCUT2D eigenvalue weighted by Gasteiger charge is 2.32. The molecule has 0 fully saturated rings.